The summed E-state index contributed by atoms with van der Waals surface area (Å²) in [6, 6.07) is 20.8. The maximum Gasteiger partial charge on any atom is 0.243 e. The molecule has 222 valence electrons. The summed E-state index contributed by atoms with van der Waals surface area (Å²) < 4.78 is 46.6. The van der Waals surface area contributed by atoms with Crippen molar-refractivity contribution in [2.75, 3.05) is 34.4 Å². The summed E-state index contributed by atoms with van der Waals surface area (Å²) in [5.74, 6) is 2.71. The number of benzene rings is 3. The fraction of sp³-hybridized carbons (Fsp3) is 0.344. The standard InChI is InChI=1S/C32H37N3O5S2/c1-23-15-18-34(19-16-23)42(36,37)28-12-6-25(7-13-28)29-22-41-32(33-26-8-10-27(38-2)11-9-26)35(29)20-17-24-5-14-30(39-3)31(21-24)40-4/h5-14,21-23H,15-20H2,1-4H3. The molecule has 42 heavy (non-hydrogen) atoms. The van der Waals surface area contributed by atoms with Crippen molar-refractivity contribution in [2.45, 2.75) is 37.6 Å². The Balaban J connectivity index is 1.47. The quantitative estimate of drug-likeness (QED) is 0.216. The van der Waals surface area contributed by atoms with E-state index in [2.05, 4.69) is 16.9 Å². The third-order valence-electron chi connectivity index (χ3n) is 7.70. The zero-order valence-corrected chi connectivity index (χ0v) is 26.1. The third kappa shape index (κ3) is 6.56. The molecule has 0 saturated carbocycles. The average Bonchev–Trinajstić information content (AvgIpc) is 3.42. The number of aryl methyl sites for hydroxylation is 1. The summed E-state index contributed by atoms with van der Waals surface area (Å²) in [5.41, 5.74) is 3.83. The molecule has 1 saturated heterocycles. The van der Waals surface area contributed by atoms with E-state index in [9.17, 15) is 8.42 Å². The lowest BCUT2D eigenvalue weighted by Gasteiger charge is -2.29. The maximum atomic E-state index is 13.3. The Morgan fingerprint density at radius 3 is 2.21 bits per heavy atom. The molecule has 0 bridgehead atoms. The molecule has 0 spiro atoms. The number of aromatic nitrogens is 1. The van der Waals surface area contributed by atoms with Gasteiger partial charge in [-0.05, 0) is 84.8 Å². The van der Waals surface area contributed by atoms with Crippen LogP contribution in [0.2, 0.25) is 0 Å². The Labute approximate surface area is 251 Å². The lowest BCUT2D eigenvalue weighted by Crippen LogP contribution is -2.37. The number of ether oxygens (including phenoxy) is 3. The van der Waals surface area contributed by atoms with Gasteiger partial charge in [-0.2, -0.15) is 4.31 Å². The van der Waals surface area contributed by atoms with Gasteiger partial charge in [-0.1, -0.05) is 25.1 Å². The first-order valence-electron chi connectivity index (χ1n) is 14.0. The van der Waals surface area contributed by atoms with Gasteiger partial charge in [-0.25, -0.2) is 13.4 Å². The van der Waals surface area contributed by atoms with Crippen LogP contribution in [-0.2, 0) is 23.0 Å². The molecule has 0 radical (unpaired) electrons. The van der Waals surface area contributed by atoms with Crippen molar-refractivity contribution in [3.63, 3.8) is 0 Å². The molecule has 1 aromatic heterocycles. The highest BCUT2D eigenvalue weighted by molar-refractivity contribution is 7.89. The van der Waals surface area contributed by atoms with E-state index in [0.29, 0.717) is 41.9 Å². The molecule has 5 rings (SSSR count). The van der Waals surface area contributed by atoms with Crippen molar-refractivity contribution < 1.29 is 22.6 Å². The average molecular weight is 608 g/mol. The number of rotatable bonds is 10. The molecule has 0 N–H and O–H groups in total. The molecule has 1 aliphatic rings. The van der Waals surface area contributed by atoms with E-state index in [0.717, 1.165) is 52.3 Å². The zero-order valence-electron chi connectivity index (χ0n) is 24.4. The minimum absolute atomic E-state index is 0.330. The van der Waals surface area contributed by atoms with E-state index in [1.54, 1.807) is 49.1 Å². The molecule has 0 unspecified atom stereocenters. The van der Waals surface area contributed by atoms with Crippen molar-refractivity contribution in [1.29, 1.82) is 0 Å². The van der Waals surface area contributed by atoms with Crippen molar-refractivity contribution in [3.05, 3.63) is 82.5 Å². The van der Waals surface area contributed by atoms with Gasteiger partial charge in [0.05, 0.1) is 37.6 Å². The number of thiazole rings is 1. The summed E-state index contributed by atoms with van der Waals surface area (Å²) in [6.45, 7) is 3.98. The predicted octanol–water partition coefficient (Wildman–Crippen LogP) is 6.14. The molecular weight excluding hydrogens is 571 g/mol. The molecule has 4 aromatic rings. The second-order valence-electron chi connectivity index (χ2n) is 10.4. The molecule has 3 aromatic carbocycles. The molecule has 8 nitrogen and oxygen atoms in total. The van der Waals surface area contributed by atoms with Gasteiger partial charge in [0, 0.05) is 25.0 Å². The second-order valence-corrected chi connectivity index (χ2v) is 13.2. The number of sulfonamides is 1. The second kappa shape index (κ2) is 13.1. The number of nitrogens with zero attached hydrogens (tertiary/aromatic N) is 3. The van der Waals surface area contributed by atoms with Gasteiger partial charge in [0.25, 0.3) is 0 Å². The van der Waals surface area contributed by atoms with Crippen LogP contribution < -0.4 is 19.0 Å². The van der Waals surface area contributed by atoms with Gasteiger partial charge in [-0.15, -0.1) is 11.3 Å². The Bertz CT molecular complexity index is 1670. The number of hydrogen-bond donors (Lipinski definition) is 0. The van der Waals surface area contributed by atoms with Gasteiger partial charge in [0.15, 0.2) is 16.3 Å². The van der Waals surface area contributed by atoms with Gasteiger partial charge in [-0.3, -0.25) is 0 Å². The number of hydrogen-bond acceptors (Lipinski definition) is 7. The van der Waals surface area contributed by atoms with Crippen LogP contribution in [0.15, 0.2) is 82.0 Å². The first-order valence-corrected chi connectivity index (χ1v) is 16.3. The highest BCUT2D eigenvalue weighted by Gasteiger charge is 2.28. The lowest BCUT2D eigenvalue weighted by molar-refractivity contribution is 0.288. The Morgan fingerprint density at radius 2 is 1.57 bits per heavy atom. The topological polar surface area (TPSA) is 82.4 Å². The molecule has 0 amide bonds. The van der Waals surface area contributed by atoms with E-state index < -0.39 is 10.0 Å². The van der Waals surface area contributed by atoms with Crippen molar-refractivity contribution in [3.8, 4) is 28.5 Å². The first kappa shape index (κ1) is 29.9. The van der Waals surface area contributed by atoms with Crippen LogP contribution in [0.3, 0.4) is 0 Å². The smallest absolute Gasteiger partial charge is 0.243 e. The molecule has 1 fully saturated rings. The van der Waals surface area contributed by atoms with E-state index in [1.807, 2.05) is 54.6 Å². The van der Waals surface area contributed by atoms with E-state index >= 15 is 0 Å². The van der Waals surface area contributed by atoms with Crippen LogP contribution in [-0.4, -0.2) is 51.7 Å². The van der Waals surface area contributed by atoms with Crippen LogP contribution in [0.25, 0.3) is 11.3 Å². The summed E-state index contributed by atoms with van der Waals surface area (Å²) >= 11 is 1.55. The van der Waals surface area contributed by atoms with E-state index in [1.165, 1.54) is 0 Å². The summed E-state index contributed by atoms with van der Waals surface area (Å²) in [6.07, 6.45) is 2.53. The van der Waals surface area contributed by atoms with Crippen molar-refractivity contribution in [2.24, 2.45) is 10.9 Å². The van der Waals surface area contributed by atoms with Gasteiger partial charge in [0.1, 0.15) is 5.75 Å². The predicted molar refractivity (Wildman–Crippen MR) is 166 cm³/mol. The van der Waals surface area contributed by atoms with Crippen LogP contribution in [0.5, 0.6) is 17.2 Å². The summed E-state index contributed by atoms with van der Waals surface area (Å²) in [5, 5.41) is 2.08. The highest BCUT2D eigenvalue weighted by atomic mass is 32.2. The normalized spacial score (nSPS) is 15.1. The molecule has 0 atom stereocenters. The minimum Gasteiger partial charge on any atom is -0.497 e. The molecule has 0 aliphatic carbocycles. The molecular formula is C32H37N3O5S2. The number of piperidine rings is 1. The van der Waals surface area contributed by atoms with Crippen molar-refractivity contribution in [1.82, 2.24) is 8.87 Å². The summed E-state index contributed by atoms with van der Waals surface area (Å²) in [4.78, 5) is 6.11. The van der Waals surface area contributed by atoms with E-state index in [4.69, 9.17) is 19.2 Å². The van der Waals surface area contributed by atoms with Crippen LogP contribution >= 0.6 is 11.3 Å². The fourth-order valence-electron chi connectivity index (χ4n) is 5.08. The largest absolute Gasteiger partial charge is 0.497 e. The van der Waals surface area contributed by atoms with Crippen LogP contribution in [0.1, 0.15) is 25.3 Å². The Morgan fingerprint density at radius 1 is 0.881 bits per heavy atom. The zero-order chi connectivity index (χ0) is 29.7. The van der Waals surface area contributed by atoms with Gasteiger partial charge < -0.3 is 18.8 Å². The molecule has 1 aliphatic heterocycles. The maximum absolute atomic E-state index is 13.3. The molecule has 2 heterocycles. The van der Waals surface area contributed by atoms with E-state index in [-0.39, 0.29) is 0 Å². The third-order valence-corrected chi connectivity index (χ3v) is 10.5. The minimum atomic E-state index is -3.52. The first-order chi connectivity index (χ1) is 20.3. The lowest BCUT2D eigenvalue weighted by atomic mass is 10.0. The summed E-state index contributed by atoms with van der Waals surface area (Å²) in [7, 11) is 1.39. The van der Waals surface area contributed by atoms with Crippen LogP contribution in [0.4, 0.5) is 5.69 Å². The van der Waals surface area contributed by atoms with Gasteiger partial charge >= 0.3 is 0 Å². The SMILES string of the molecule is COc1ccc(N=c2scc(-c3ccc(S(=O)(=O)N4CCC(C)CC4)cc3)n2CCc2ccc(OC)c(OC)c2)cc1. The Kier molecular flexibility index (Phi) is 9.35. The van der Waals surface area contributed by atoms with Crippen molar-refractivity contribution >= 4 is 27.0 Å². The highest BCUT2D eigenvalue weighted by Crippen LogP contribution is 2.29. The number of methoxy groups -OCH3 is 3. The monoisotopic (exact) mass is 607 g/mol. The Hall–Kier alpha value is -3.60. The van der Waals surface area contributed by atoms with Crippen LogP contribution in [0, 0.1) is 5.92 Å². The van der Waals surface area contributed by atoms with Gasteiger partial charge in [0.2, 0.25) is 10.0 Å². The molecule has 10 heteroatoms. The fourth-order valence-corrected chi connectivity index (χ4v) is 7.51.